The third kappa shape index (κ3) is 3.62. The van der Waals surface area contributed by atoms with E-state index >= 15 is 0 Å². The molecule has 4 atom stereocenters. The minimum Gasteiger partial charge on any atom is -0.480 e. The highest BCUT2D eigenvalue weighted by Gasteiger charge is 2.68. The number of imide groups is 1. The van der Waals surface area contributed by atoms with Crippen LogP contribution in [0.5, 0.6) is 5.75 Å². The molecule has 2 aromatic rings. The van der Waals surface area contributed by atoms with Crippen LogP contribution in [0.25, 0.3) is 0 Å². The van der Waals surface area contributed by atoms with Crippen LogP contribution < -0.4 is 15.0 Å². The lowest BCUT2D eigenvalue weighted by atomic mass is 9.79. The van der Waals surface area contributed by atoms with Gasteiger partial charge in [0.25, 0.3) is 0 Å². The largest absolute Gasteiger partial charge is 0.573 e. The second-order valence-corrected chi connectivity index (χ2v) is 7.98. The number of nitrogens with one attached hydrogen (secondary N) is 1. The van der Waals surface area contributed by atoms with Gasteiger partial charge in [-0.05, 0) is 36.2 Å². The molecule has 0 aliphatic carbocycles. The number of fused-ring (bicyclic) bond motifs is 1. The molecule has 2 aliphatic rings. The monoisotopic (exact) mass is 464 g/mol. The van der Waals surface area contributed by atoms with E-state index in [2.05, 4.69) is 10.1 Å². The number of aliphatic carboxylic acids is 1. The molecule has 2 aliphatic heterocycles. The molecule has 8 nitrogen and oxygen atoms in total. The topological polar surface area (TPSA) is 116 Å². The lowest BCUT2D eigenvalue weighted by Crippen LogP contribution is -2.58. The first-order chi connectivity index (χ1) is 15.5. The molecule has 174 valence electrons. The number of hydrogen-bond acceptors (Lipinski definition) is 6. The fourth-order valence-corrected chi connectivity index (χ4v) is 4.66. The van der Waals surface area contributed by atoms with Crippen LogP contribution in [-0.2, 0) is 14.4 Å². The van der Waals surface area contributed by atoms with Crippen molar-refractivity contribution in [2.75, 3.05) is 11.5 Å². The average molecular weight is 464 g/mol. The molecule has 0 saturated carbocycles. The van der Waals surface area contributed by atoms with Crippen molar-refractivity contribution in [3.05, 3.63) is 59.7 Å². The molecule has 4 unspecified atom stereocenters. The van der Waals surface area contributed by atoms with Gasteiger partial charge in [-0.1, -0.05) is 30.3 Å². The van der Waals surface area contributed by atoms with Gasteiger partial charge in [0.15, 0.2) is 5.54 Å². The molecule has 3 N–H and O–H groups in total. The maximum atomic E-state index is 13.5. The third-order valence-corrected chi connectivity index (χ3v) is 6.09. The molecular formula is C22H19F3N2O6. The number of amides is 2. The Morgan fingerprint density at radius 3 is 2.45 bits per heavy atom. The normalized spacial score (nSPS) is 27.1. The second kappa shape index (κ2) is 7.85. The summed E-state index contributed by atoms with van der Waals surface area (Å²) in [6.07, 6.45) is -4.96. The molecule has 33 heavy (non-hydrogen) atoms. The molecular weight excluding hydrogens is 445 g/mol. The van der Waals surface area contributed by atoms with Crippen molar-refractivity contribution in [2.45, 2.75) is 24.9 Å². The van der Waals surface area contributed by atoms with Crippen LogP contribution in [-0.4, -0.2) is 46.5 Å². The number of aliphatic hydroxyl groups is 1. The number of benzene rings is 2. The van der Waals surface area contributed by atoms with Crippen molar-refractivity contribution in [3.63, 3.8) is 0 Å². The number of aryl methyl sites for hydroxylation is 1. The number of carbonyl (C=O) groups is 3. The minimum atomic E-state index is -4.96. The van der Waals surface area contributed by atoms with Gasteiger partial charge in [-0.15, -0.1) is 13.2 Å². The summed E-state index contributed by atoms with van der Waals surface area (Å²) in [5.74, 6) is -6.41. The van der Waals surface area contributed by atoms with E-state index in [9.17, 15) is 37.8 Å². The zero-order valence-electron chi connectivity index (χ0n) is 17.2. The molecule has 0 bridgehead atoms. The number of carboxylic acid groups (broad SMARTS) is 1. The SMILES string of the molecule is Cc1ccccc1N1C(=O)C2C(c3cccc(OC(F)(F)F)c3)NC(CO)(C(=O)O)C2C1=O. The van der Waals surface area contributed by atoms with Crippen LogP contribution in [0.4, 0.5) is 18.9 Å². The number of carboxylic acids is 1. The number of halogens is 3. The third-order valence-electron chi connectivity index (χ3n) is 6.09. The van der Waals surface area contributed by atoms with Gasteiger partial charge in [0, 0.05) is 6.04 Å². The van der Waals surface area contributed by atoms with Gasteiger partial charge in [0.05, 0.1) is 24.1 Å². The highest BCUT2D eigenvalue weighted by molar-refractivity contribution is 6.24. The molecule has 2 aromatic carbocycles. The van der Waals surface area contributed by atoms with Gasteiger partial charge in [0.1, 0.15) is 5.75 Å². The van der Waals surface area contributed by atoms with E-state index in [1.54, 1.807) is 25.1 Å². The van der Waals surface area contributed by atoms with Gasteiger partial charge in [-0.2, -0.15) is 0 Å². The summed E-state index contributed by atoms with van der Waals surface area (Å²) >= 11 is 0. The number of para-hydroxylation sites is 1. The van der Waals surface area contributed by atoms with Crippen LogP contribution in [0.2, 0.25) is 0 Å². The fourth-order valence-electron chi connectivity index (χ4n) is 4.66. The number of hydrogen-bond donors (Lipinski definition) is 3. The summed E-state index contributed by atoms with van der Waals surface area (Å²) in [4.78, 5) is 39.9. The Kier molecular flexibility index (Phi) is 5.41. The number of ether oxygens (including phenoxy) is 1. The number of nitrogens with zero attached hydrogens (tertiary/aromatic N) is 1. The van der Waals surface area contributed by atoms with Gasteiger partial charge in [0.2, 0.25) is 11.8 Å². The summed E-state index contributed by atoms with van der Waals surface area (Å²) in [5, 5.41) is 22.6. The first-order valence-electron chi connectivity index (χ1n) is 9.91. The molecule has 0 spiro atoms. The standard InChI is InChI=1S/C22H19F3N2O6/c1-11-5-2-3-8-14(11)27-18(29)15-16(19(27)30)21(10-28,20(31)32)26-17(15)12-6-4-7-13(9-12)33-22(23,24)25/h2-9,15-17,26,28H,10H2,1H3,(H,31,32). The quantitative estimate of drug-likeness (QED) is 0.581. The Morgan fingerprint density at radius 1 is 1.15 bits per heavy atom. The lowest BCUT2D eigenvalue weighted by Gasteiger charge is -2.29. The van der Waals surface area contributed by atoms with Crippen LogP contribution in [0, 0.1) is 18.8 Å². The zero-order chi connectivity index (χ0) is 24.1. The highest BCUT2D eigenvalue weighted by atomic mass is 19.4. The van der Waals surface area contributed by atoms with Crippen molar-refractivity contribution in [3.8, 4) is 5.75 Å². The fraction of sp³-hybridized carbons (Fsp3) is 0.318. The Labute approximate surface area is 185 Å². The van der Waals surface area contributed by atoms with Crippen molar-refractivity contribution >= 4 is 23.5 Å². The minimum absolute atomic E-state index is 0.108. The van der Waals surface area contributed by atoms with Crippen LogP contribution in [0.1, 0.15) is 17.2 Å². The Bertz CT molecular complexity index is 1140. The Morgan fingerprint density at radius 2 is 1.85 bits per heavy atom. The number of alkyl halides is 3. The van der Waals surface area contributed by atoms with E-state index in [0.717, 1.165) is 17.0 Å². The number of rotatable bonds is 5. The highest BCUT2D eigenvalue weighted by Crippen LogP contribution is 2.50. The predicted octanol–water partition coefficient (Wildman–Crippen LogP) is 2.16. The predicted molar refractivity (Wildman–Crippen MR) is 107 cm³/mol. The van der Waals surface area contributed by atoms with E-state index < -0.39 is 59.9 Å². The maximum absolute atomic E-state index is 13.5. The van der Waals surface area contributed by atoms with Crippen molar-refractivity contribution in [1.29, 1.82) is 0 Å². The van der Waals surface area contributed by atoms with E-state index in [4.69, 9.17) is 0 Å². The molecule has 2 saturated heterocycles. The van der Waals surface area contributed by atoms with E-state index in [-0.39, 0.29) is 11.3 Å². The molecule has 2 fully saturated rings. The van der Waals surface area contributed by atoms with Crippen molar-refractivity contribution in [1.82, 2.24) is 5.32 Å². The molecule has 2 amide bonds. The summed E-state index contributed by atoms with van der Waals surface area (Å²) < 4.78 is 42.0. The molecule has 2 heterocycles. The smallest absolute Gasteiger partial charge is 0.480 e. The van der Waals surface area contributed by atoms with E-state index in [0.29, 0.717) is 5.56 Å². The summed E-state index contributed by atoms with van der Waals surface area (Å²) in [6, 6.07) is 10.1. The molecule has 0 aromatic heterocycles. The van der Waals surface area contributed by atoms with Gasteiger partial charge in [-0.25, -0.2) is 4.90 Å². The summed E-state index contributed by atoms with van der Waals surface area (Å²) in [5.41, 5.74) is -1.24. The van der Waals surface area contributed by atoms with Crippen LogP contribution in [0.15, 0.2) is 48.5 Å². The van der Waals surface area contributed by atoms with Crippen LogP contribution in [0.3, 0.4) is 0 Å². The van der Waals surface area contributed by atoms with Crippen molar-refractivity contribution in [2.24, 2.45) is 11.8 Å². The number of anilines is 1. The molecule has 4 rings (SSSR count). The lowest BCUT2D eigenvalue weighted by molar-refractivity contribution is -0.274. The molecule has 11 heteroatoms. The second-order valence-electron chi connectivity index (χ2n) is 7.98. The first kappa shape index (κ1) is 22.7. The van der Waals surface area contributed by atoms with Crippen molar-refractivity contribution < 1.29 is 42.5 Å². The van der Waals surface area contributed by atoms with Gasteiger partial charge < -0.3 is 14.9 Å². The number of aliphatic hydroxyl groups excluding tert-OH is 1. The number of carbonyl (C=O) groups excluding carboxylic acids is 2. The maximum Gasteiger partial charge on any atom is 0.573 e. The Hall–Kier alpha value is -3.44. The Balaban J connectivity index is 1.82. The van der Waals surface area contributed by atoms with E-state index in [1.165, 1.54) is 18.2 Å². The van der Waals surface area contributed by atoms with Gasteiger partial charge >= 0.3 is 12.3 Å². The summed E-state index contributed by atoms with van der Waals surface area (Å²) in [6.45, 7) is 0.660. The summed E-state index contributed by atoms with van der Waals surface area (Å²) in [7, 11) is 0. The zero-order valence-corrected chi connectivity index (χ0v) is 17.2. The van der Waals surface area contributed by atoms with Gasteiger partial charge in [-0.3, -0.25) is 19.7 Å². The molecule has 0 radical (unpaired) electrons. The van der Waals surface area contributed by atoms with E-state index in [1.807, 2.05) is 0 Å². The first-order valence-corrected chi connectivity index (χ1v) is 9.91. The average Bonchev–Trinajstić information content (AvgIpc) is 3.22. The van der Waals surface area contributed by atoms with Crippen LogP contribution >= 0.6 is 0 Å².